The molecule has 0 aliphatic carbocycles. The molecule has 0 aromatic heterocycles. The number of benzene rings is 2. The molecule has 0 unspecified atom stereocenters. The van der Waals surface area contributed by atoms with E-state index in [0.29, 0.717) is 18.2 Å². The van der Waals surface area contributed by atoms with Gasteiger partial charge >= 0.3 is 6.18 Å². The van der Waals surface area contributed by atoms with Gasteiger partial charge in [0.15, 0.2) is 0 Å². The van der Waals surface area contributed by atoms with E-state index in [9.17, 15) is 40.9 Å². The fourth-order valence-corrected chi connectivity index (χ4v) is 3.22. The average molecular weight is 407 g/mol. The summed E-state index contributed by atoms with van der Waals surface area (Å²) in [6.45, 7) is 0. The molecule has 0 aliphatic rings. The summed E-state index contributed by atoms with van der Waals surface area (Å²) in [5.41, 5.74) is 1.99. The Hall–Kier alpha value is -3.22. The Morgan fingerprint density at radius 3 is 2.33 bits per heavy atom. The van der Waals surface area contributed by atoms with Crippen LogP contribution < -0.4 is 10.5 Å². The molecule has 0 radical (unpaired) electrons. The minimum absolute atomic E-state index is 0.0346. The van der Waals surface area contributed by atoms with E-state index in [1.165, 1.54) is 4.72 Å². The maximum Gasteiger partial charge on any atom is 0.417 e. The van der Waals surface area contributed by atoms with Crippen LogP contribution in [0.3, 0.4) is 0 Å². The van der Waals surface area contributed by atoms with Gasteiger partial charge in [-0.2, -0.15) is 13.2 Å². The third-order valence-electron chi connectivity index (χ3n) is 3.25. The summed E-state index contributed by atoms with van der Waals surface area (Å²) in [5, 5.41) is 10.8. The number of nitrogens with two attached hydrogens (primary N) is 1. The number of carbonyl (C=O) groups excluding carboxylic acids is 1. The summed E-state index contributed by atoms with van der Waals surface area (Å²) >= 11 is 0. The molecule has 0 fully saturated rings. The third kappa shape index (κ3) is 4.31. The fourth-order valence-electron chi connectivity index (χ4n) is 2.04. The minimum atomic E-state index is -5.21. The highest BCUT2D eigenvalue weighted by Crippen LogP contribution is 2.34. The van der Waals surface area contributed by atoms with Crippen LogP contribution in [-0.2, 0) is 16.2 Å². The molecule has 2 rings (SSSR count). The fraction of sp³-hybridized carbons (Fsp3) is 0.0714. The van der Waals surface area contributed by atoms with Crippen LogP contribution in [0, 0.1) is 15.9 Å². The predicted molar refractivity (Wildman–Crippen MR) is 83.6 cm³/mol. The van der Waals surface area contributed by atoms with Gasteiger partial charge in [0, 0.05) is 11.6 Å². The van der Waals surface area contributed by atoms with Crippen molar-refractivity contribution in [3.63, 3.8) is 0 Å². The van der Waals surface area contributed by atoms with Crippen LogP contribution in [0.4, 0.5) is 28.9 Å². The quantitative estimate of drug-likeness (QED) is 0.346. The maximum atomic E-state index is 13.1. The number of anilines is 1. The van der Waals surface area contributed by atoms with E-state index in [4.69, 9.17) is 5.73 Å². The average Bonchev–Trinajstić information content (AvgIpc) is 2.53. The van der Waals surface area contributed by atoms with Gasteiger partial charge in [0.1, 0.15) is 11.5 Å². The van der Waals surface area contributed by atoms with Crippen molar-refractivity contribution in [2.75, 3.05) is 5.73 Å². The number of amides is 1. The molecule has 2 aromatic rings. The molecule has 0 aliphatic heterocycles. The Balaban J connectivity index is 2.45. The molecule has 0 spiro atoms. The van der Waals surface area contributed by atoms with Gasteiger partial charge in [-0.05, 0) is 30.3 Å². The van der Waals surface area contributed by atoms with E-state index in [-0.39, 0.29) is 11.8 Å². The van der Waals surface area contributed by atoms with Crippen molar-refractivity contribution in [1.29, 1.82) is 0 Å². The number of halogens is 4. The third-order valence-corrected chi connectivity index (χ3v) is 4.64. The number of alkyl halides is 3. The van der Waals surface area contributed by atoms with Crippen molar-refractivity contribution in [1.82, 2.24) is 4.72 Å². The van der Waals surface area contributed by atoms with E-state index in [1.54, 1.807) is 0 Å². The molecular formula is C14H9F4N3O5S. The van der Waals surface area contributed by atoms with Gasteiger partial charge in [0.25, 0.3) is 21.6 Å². The smallest absolute Gasteiger partial charge is 0.393 e. The van der Waals surface area contributed by atoms with E-state index < -0.39 is 54.6 Å². The first-order valence-corrected chi connectivity index (χ1v) is 8.29. The number of nitrogen functional groups attached to an aromatic ring is 1. The predicted octanol–water partition coefficient (Wildman–Crippen LogP) is 2.45. The lowest BCUT2D eigenvalue weighted by atomic mass is 10.1. The Labute approximate surface area is 148 Å². The largest absolute Gasteiger partial charge is 0.417 e. The van der Waals surface area contributed by atoms with Gasteiger partial charge in [-0.15, -0.1) is 0 Å². The van der Waals surface area contributed by atoms with Gasteiger partial charge < -0.3 is 5.73 Å². The van der Waals surface area contributed by atoms with Crippen LogP contribution >= 0.6 is 0 Å². The minimum Gasteiger partial charge on any atom is -0.393 e. The van der Waals surface area contributed by atoms with Crippen molar-refractivity contribution in [3.8, 4) is 0 Å². The standard InChI is InChI=1S/C14H9F4N3O5S/c15-8-2-4-12(9(6-8)14(16,17)18)27(25,26)20-13(22)7-1-3-10(19)11(5-7)21(23)24/h1-6H,19H2,(H,20,22). The number of nitrogens with one attached hydrogen (secondary N) is 1. The van der Waals surface area contributed by atoms with Gasteiger partial charge in [-0.3, -0.25) is 14.9 Å². The summed E-state index contributed by atoms with van der Waals surface area (Å²) in [7, 11) is -5.07. The first-order chi connectivity index (χ1) is 12.3. The van der Waals surface area contributed by atoms with Gasteiger partial charge in [0.05, 0.1) is 15.4 Å². The Morgan fingerprint density at radius 1 is 1.15 bits per heavy atom. The zero-order chi connectivity index (χ0) is 20.6. The van der Waals surface area contributed by atoms with Crippen molar-refractivity contribution in [2.24, 2.45) is 0 Å². The molecule has 0 atom stereocenters. The second-order valence-electron chi connectivity index (χ2n) is 5.10. The van der Waals surface area contributed by atoms with Crippen molar-refractivity contribution in [3.05, 3.63) is 63.5 Å². The normalized spacial score (nSPS) is 11.9. The highest BCUT2D eigenvalue weighted by molar-refractivity contribution is 7.90. The van der Waals surface area contributed by atoms with Gasteiger partial charge in [0.2, 0.25) is 0 Å². The molecule has 27 heavy (non-hydrogen) atoms. The molecule has 144 valence electrons. The number of hydrogen-bond donors (Lipinski definition) is 2. The van der Waals surface area contributed by atoms with Crippen LogP contribution in [0.15, 0.2) is 41.3 Å². The zero-order valence-electron chi connectivity index (χ0n) is 13.0. The SMILES string of the molecule is Nc1ccc(C(=O)NS(=O)(=O)c2ccc(F)cc2C(F)(F)F)cc1[N+](=O)[O-]. The summed E-state index contributed by atoms with van der Waals surface area (Å²) in [6, 6.07) is 3.35. The van der Waals surface area contributed by atoms with Crippen LogP contribution in [0.1, 0.15) is 15.9 Å². The molecule has 2 aromatic carbocycles. The van der Waals surface area contributed by atoms with Crippen LogP contribution in [0.2, 0.25) is 0 Å². The number of carbonyl (C=O) groups is 1. The topological polar surface area (TPSA) is 132 Å². The lowest BCUT2D eigenvalue weighted by Crippen LogP contribution is -2.32. The van der Waals surface area contributed by atoms with Gasteiger partial charge in [-0.1, -0.05) is 0 Å². The van der Waals surface area contributed by atoms with Crippen LogP contribution in [-0.4, -0.2) is 19.2 Å². The molecule has 13 heteroatoms. The Morgan fingerprint density at radius 2 is 1.78 bits per heavy atom. The van der Waals surface area contributed by atoms with Crippen molar-refractivity contribution < 1.29 is 35.7 Å². The number of rotatable bonds is 4. The molecular weight excluding hydrogens is 398 g/mol. The monoisotopic (exact) mass is 407 g/mol. The van der Waals surface area contributed by atoms with Gasteiger partial charge in [-0.25, -0.2) is 17.5 Å². The van der Waals surface area contributed by atoms with E-state index in [2.05, 4.69) is 0 Å². The van der Waals surface area contributed by atoms with Crippen molar-refractivity contribution >= 4 is 27.3 Å². The first-order valence-electron chi connectivity index (χ1n) is 6.81. The molecule has 0 bridgehead atoms. The molecule has 0 saturated carbocycles. The molecule has 0 saturated heterocycles. The summed E-state index contributed by atoms with van der Waals surface area (Å²) in [5.74, 6) is -2.77. The second kappa shape index (κ2) is 6.83. The number of sulfonamides is 1. The summed E-state index contributed by atoms with van der Waals surface area (Å²) in [6.07, 6.45) is -5.21. The van der Waals surface area contributed by atoms with E-state index in [0.717, 1.165) is 12.1 Å². The molecule has 1 amide bonds. The summed E-state index contributed by atoms with van der Waals surface area (Å²) < 4.78 is 77.7. The van der Waals surface area contributed by atoms with E-state index in [1.807, 2.05) is 0 Å². The Kier molecular flexibility index (Phi) is 5.08. The first kappa shape index (κ1) is 20.1. The molecule has 3 N–H and O–H groups in total. The lowest BCUT2D eigenvalue weighted by Gasteiger charge is -2.14. The number of nitro benzene ring substituents is 1. The number of nitro groups is 1. The maximum absolute atomic E-state index is 13.1. The second-order valence-corrected chi connectivity index (χ2v) is 6.75. The van der Waals surface area contributed by atoms with Crippen LogP contribution in [0.5, 0.6) is 0 Å². The van der Waals surface area contributed by atoms with Crippen molar-refractivity contribution in [2.45, 2.75) is 11.1 Å². The number of hydrogen-bond acceptors (Lipinski definition) is 6. The molecule has 8 nitrogen and oxygen atoms in total. The van der Waals surface area contributed by atoms with Crippen LogP contribution in [0.25, 0.3) is 0 Å². The molecule has 0 heterocycles. The van der Waals surface area contributed by atoms with E-state index >= 15 is 0 Å². The zero-order valence-corrected chi connectivity index (χ0v) is 13.8. The Bertz CT molecular complexity index is 1040. The lowest BCUT2D eigenvalue weighted by molar-refractivity contribution is -0.383. The summed E-state index contributed by atoms with van der Waals surface area (Å²) in [4.78, 5) is 20.5. The highest BCUT2D eigenvalue weighted by Gasteiger charge is 2.38. The number of nitrogens with zero attached hydrogens (tertiary/aromatic N) is 1. The highest BCUT2D eigenvalue weighted by atomic mass is 32.2.